The summed E-state index contributed by atoms with van der Waals surface area (Å²) >= 11 is 0. The number of pyridine rings is 1. The lowest BCUT2D eigenvalue weighted by Gasteiger charge is -2.29. The first-order valence-electron chi connectivity index (χ1n) is 8.80. The second kappa shape index (κ2) is 8.01. The summed E-state index contributed by atoms with van der Waals surface area (Å²) in [6.07, 6.45) is 6.46. The molecule has 27 heavy (non-hydrogen) atoms. The number of rotatable bonds is 1. The Kier molecular flexibility index (Phi) is 5.52. The van der Waals surface area contributed by atoms with Gasteiger partial charge >= 0.3 is 0 Å². The number of fused-ring (bicyclic) bond motifs is 1. The standard InChI is InChI=1S/C14H16N4O.C6H8N2/c1-10-8-17(9-15-10)13-3-4-14-12(7-13)5-6-16-18(14)11(2)19;1-5-2-3-6(7)8-4-5/h3-4,7-9,16H,5-6H2,1-2H3;2-4H,1H3,(H2,7,8). The molecule has 0 saturated heterocycles. The number of carbonyl (C=O) groups excluding carboxylic acids is 1. The fourth-order valence-electron chi connectivity index (χ4n) is 2.86. The van der Waals surface area contributed by atoms with Crippen LogP contribution in [0, 0.1) is 13.8 Å². The summed E-state index contributed by atoms with van der Waals surface area (Å²) in [6.45, 7) is 6.29. The molecule has 4 rings (SSSR count). The van der Waals surface area contributed by atoms with Crippen LogP contribution in [0.15, 0.2) is 49.1 Å². The number of benzene rings is 1. The average molecular weight is 364 g/mol. The molecule has 0 radical (unpaired) electrons. The van der Waals surface area contributed by atoms with Gasteiger partial charge in [0, 0.05) is 31.5 Å². The molecule has 1 aromatic carbocycles. The molecule has 1 aliphatic heterocycles. The minimum absolute atomic E-state index is 0.00664. The van der Waals surface area contributed by atoms with Crippen LogP contribution in [0.25, 0.3) is 5.69 Å². The maximum absolute atomic E-state index is 11.6. The number of nitrogens with one attached hydrogen (secondary N) is 1. The molecular weight excluding hydrogens is 340 g/mol. The Morgan fingerprint density at radius 1 is 1.19 bits per heavy atom. The summed E-state index contributed by atoms with van der Waals surface area (Å²) in [5.41, 5.74) is 13.7. The van der Waals surface area contributed by atoms with E-state index in [1.54, 1.807) is 30.5 Å². The van der Waals surface area contributed by atoms with Crippen LogP contribution >= 0.6 is 0 Å². The average Bonchev–Trinajstić information content (AvgIpc) is 3.10. The number of hydrogen-bond acceptors (Lipinski definition) is 5. The Hall–Kier alpha value is -3.19. The van der Waals surface area contributed by atoms with Crippen molar-refractivity contribution >= 4 is 17.4 Å². The minimum atomic E-state index is 0.00664. The van der Waals surface area contributed by atoms with Crippen LogP contribution < -0.4 is 16.2 Å². The lowest BCUT2D eigenvalue weighted by Crippen LogP contribution is -2.46. The van der Waals surface area contributed by atoms with Gasteiger partial charge < -0.3 is 10.3 Å². The van der Waals surface area contributed by atoms with E-state index in [9.17, 15) is 4.79 Å². The third kappa shape index (κ3) is 4.51. The lowest BCUT2D eigenvalue weighted by atomic mass is 10.1. The summed E-state index contributed by atoms with van der Waals surface area (Å²) < 4.78 is 2.00. The molecule has 3 N–H and O–H groups in total. The zero-order valence-electron chi connectivity index (χ0n) is 15.8. The monoisotopic (exact) mass is 364 g/mol. The first kappa shape index (κ1) is 18.6. The van der Waals surface area contributed by atoms with Gasteiger partial charge in [-0.2, -0.15) is 0 Å². The molecule has 7 heteroatoms. The van der Waals surface area contributed by atoms with Crippen molar-refractivity contribution in [3.63, 3.8) is 0 Å². The number of anilines is 2. The fourth-order valence-corrected chi connectivity index (χ4v) is 2.86. The van der Waals surface area contributed by atoms with Crippen molar-refractivity contribution < 1.29 is 4.79 Å². The second-order valence-electron chi connectivity index (χ2n) is 6.51. The molecule has 0 saturated carbocycles. The van der Waals surface area contributed by atoms with Crippen LogP contribution in [-0.2, 0) is 11.2 Å². The van der Waals surface area contributed by atoms with Gasteiger partial charge in [0.05, 0.1) is 17.7 Å². The van der Waals surface area contributed by atoms with E-state index in [2.05, 4.69) is 21.5 Å². The molecule has 1 aliphatic rings. The molecule has 3 aromatic rings. The molecule has 7 nitrogen and oxygen atoms in total. The molecule has 1 amide bonds. The van der Waals surface area contributed by atoms with E-state index < -0.39 is 0 Å². The van der Waals surface area contributed by atoms with Crippen LogP contribution in [0.1, 0.15) is 23.7 Å². The number of hydrogen-bond donors (Lipinski definition) is 2. The van der Waals surface area contributed by atoms with Crippen molar-refractivity contribution in [3.8, 4) is 5.69 Å². The van der Waals surface area contributed by atoms with Crippen molar-refractivity contribution in [1.29, 1.82) is 0 Å². The predicted octanol–water partition coefficient (Wildman–Crippen LogP) is 2.57. The van der Waals surface area contributed by atoms with Crippen molar-refractivity contribution in [2.45, 2.75) is 27.2 Å². The van der Waals surface area contributed by atoms with E-state index in [0.29, 0.717) is 5.82 Å². The van der Waals surface area contributed by atoms with Gasteiger partial charge in [0.1, 0.15) is 5.82 Å². The van der Waals surface area contributed by atoms with Gasteiger partial charge in [-0.15, -0.1) is 0 Å². The summed E-state index contributed by atoms with van der Waals surface area (Å²) in [5.74, 6) is 0.586. The number of amides is 1. The number of nitrogens with zero attached hydrogens (tertiary/aromatic N) is 4. The summed E-state index contributed by atoms with van der Waals surface area (Å²) in [5, 5.41) is 1.61. The zero-order valence-corrected chi connectivity index (χ0v) is 15.8. The largest absolute Gasteiger partial charge is 0.384 e. The summed E-state index contributed by atoms with van der Waals surface area (Å²) in [6, 6.07) is 9.82. The first-order chi connectivity index (χ1) is 12.9. The number of nitrogen functional groups attached to an aromatic ring is 1. The van der Waals surface area contributed by atoms with Gasteiger partial charge in [-0.25, -0.2) is 20.4 Å². The van der Waals surface area contributed by atoms with Gasteiger partial charge in [-0.05, 0) is 55.7 Å². The van der Waals surface area contributed by atoms with Crippen molar-refractivity contribution in [3.05, 3.63) is 65.9 Å². The highest BCUT2D eigenvalue weighted by atomic mass is 16.2. The smallest absolute Gasteiger partial charge is 0.238 e. The molecule has 0 aliphatic carbocycles. The van der Waals surface area contributed by atoms with Gasteiger partial charge in [-0.3, -0.25) is 4.79 Å². The van der Waals surface area contributed by atoms with Crippen molar-refractivity contribution in [1.82, 2.24) is 20.0 Å². The molecule has 0 bridgehead atoms. The van der Waals surface area contributed by atoms with Crippen LogP contribution in [0.3, 0.4) is 0 Å². The van der Waals surface area contributed by atoms with Crippen LogP contribution in [0.5, 0.6) is 0 Å². The number of carbonyl (C=O) groups is 1. The molecule has 0 spiro atoms. The maximum Gasteiger partial charge on any atom is 0.238 e. The topological polar surface area (TPSA) is 89.1 Å². The quantitative estimate of drug-likeness (QED) is 0.693. The van der Waals surface area contributed by atoms with Gasteiger partial charge in [0.25, 0.3) is 0 Å². The molecule has 0 fully saturated rings. The highest BCUT2D eigenvalue weighted by molar-refractivity contribution is 5.92. The third-order valence-corrected chi connectivity index (χ3v) is 4.23. The number of hydrazine groups is 1. The minimum Gasteiger partial charge on any atom is -0.384 e. The summed E-state index contributed by atoms with van der Waals surface area (Å²) in [7, 11) is 0. The highest BCUT2D eigenvalue weighted by Gasteiger charge is 2.19. The van der Waals surface area contributed by atoms with Crippen LogP contribution in [0.4, 0.5) is 11.5 Å². The number of nitrogens with two attached hydrogens (primary N) is 1. The Labute approximate surface area is 158 Å². The van der Waals surface area contributed by atoms with Crippen LogP contribution in [0.2, 0.25) is 0 Å². The Morgan fingerprint density at radius 2 is 2.00 bits per heavy atom. The van der Waals surface area contributed by atoms with Crippen molar-refractivity contribution in [2.24, 2.45) is 0 Å². The Balaban J connectivity index is 0.000000221. The predicted molar refractivity (Wildman–Crippen MR) is 107 cm³/mol. The van der Waals surface area contributed by atoms with E-state index in [0.717, 1.165) is 35.6 Å². The van der Waals surface area contributed by atoms with E-state index in [4.69, 9.17) is 5.73 Å². The number of imidazole rings is 1. The zero-order chi connectivity index (χ0) is 19.4. The van der Waals surface area contributed by atoms with Gasteiger partial charge in [0.15, 0.2) is 0 Å². The normalized spacial score (nSPS) is 12.8. The van der Waals surface area contributed by atoms with Gasteiger partial charge in [0.2, 0.25) is 5.91 Å². The van der Waals surface area contributed by atoms with E-state index in [1.807, 2.05) is 42.8 Å². The third-order valence-electron chi connectivity index (χ3n) is 4.23. The molecule has 0 atom stereocenters. The Bertz CT molecular complexity index is 911. The van der Waals surface area contributed by atoms with E-state index in [-0.39, 0.29) is 5.91 Å². The molecular formula is C20H24N6O. The van der Waals surface area contributed by atoms with E-state index in [1.165, 1.54) is 5.56 Å². The maximum atomic E-state index is 11.6. The molecule has 140 valence electrons. The highest BCUT2D eigenvalue weighted by Crippen LogP contribution is 2.26. The van der Waals surface area contributed by atoms with E-state index >= 15 is 0 Å². The fraction of sp³-hybridized carbons (Fsp3) is 0.250. The first-order valence-corrected chi connectivity index (χ1v) is 8.80. The number of aromatic nitrogens is 3. The number of aryl methyl sites for hydroxylation is 2. The van der Waals surface area contributed by atoms with Crippen LogP contribution in [-0.4, -0.2) is 27.0 Å². The SMILES string of the molecule is CC(=O)N1NCCc2cc(-n3cnc(C)c3)ccc21.Cc1ccc(N)nc1. The molecule has 2 aromatic heterocycles. The molecule has 0 unspecified atom stereocenters. The van der Waals surface area contributed by atoms with Crippen molar-refractivity contribution in [2.75, 3.05) is 17.3 Å². The van der Waals surface area contributed by atoms with Gasteiger partial charge in [-0.1, -0.05) is 6.07 Å². The molecule has 3 heterocycles. The second-order valence-corrected chi connectivity index (χ2v) is 6.51. The lowest BCUT2D eigenvalue weighted by molar-refractivity contribution is -0.117. The summed E-state index contributed by atoms with van der Waals surface area (Å²) in [4.78, 5) is 19.7. The Morgan fingerprint density at radius 3 is 2.59 bits per heavy atom.